The molecule has 0 aromatic carbocycles. The predicted octanol–water partition coefficient (Wildman–Crippen LogP) is -1.64. The van der Waals surface area contributed by atoms with E-state index in [0.29, 0.717) is 18.8 Å². The Labute approximate surface area is 109 Å². The Morgan fingerprint density at radius 1 is 1.39 bits per heavy atom. The molecule has 8 heteroatoms. The molecule has 0 bridgehead atoms. The van der Waals surface area contributed by atoms with Crippen molar-refractivity contribution in [2.45, 2.75) is 6.04 Å². The van der Waals surface area contributed by atoms with E-state index in [0.717, 1.165) is 24.9 Å². The Balaban J connectivity index is 1.71. The Morgan fingerprint density at radius 3 is 2.72 bits per heavy atom. The van der Waals surface area contributed by atoms with E-state index in [-0.39, 0.29) is 23.6 Å². The van der Waals surface area contributed by atoms with E-state index in [9.17, 15) is 14.4 Å². The molecule has 7 nitrogen and oxygen atoms in total. The van der Waals surface area contributed by atoms with Crippen LogP contribution in [0.25, 0.3) is 0 Å². The van der Waals surface area contributed by atoms with Crippen LogP contribution in [0.3, 0.4) is 0 Å². The van der Waals surface area contributed by atoms with E-state index >= 15 is 0 Å². The molecule has 2 saturated heterocycles. The molecule has 2 aliphatic heterocycles. The number of rotatable bonds is 3. The number of thioether (sulfide) groups is 1. The van der Waals surface area contributed by atoms with Gasteiger partial charge >= 0.3 is 0 Å². The van der Waals surface area contributed by atoms with Gasteiger partial charge in [0.15, 0.2) is 0 Å². The monoisotopic (exact) mass is 272 g/mol. The van der Waals surface area contributed by atoms with Crippen LogP contribution in [0.2, 0.25) is 0 Å². The molecule has 0 saturated carbocycles. The zero-order valence-electron chi connectivity index (χ0n) is 9.90. The molecule has 2 aliphatic rings. The number of nitrogens with zero attached hydrogens (tertiary/aromatic N) is 1. The number of nitrogens with one attached hydrogen (secondary N) is 3. The van der Waals surface area contributed by atoms with Crippen molar-refractivity contribution >= 4 is 28.8 Å². The molecular formula is C10H16N4O3S. The Bertz CT molecular complexity index is 357. The lowest BCUT2D eigenvalue weighted by Crippen LogP contribution is -2.51. The topological polar surface area (TPSA) is 90.5 Å². The summed E-state index contributed by atoms with van der Waals surface area (Å²) >= 11 is 1.08. The fraction of sp³-hybridized carbons (Fsp3) is 0.700. The number of carbonyl (C=O) groups is 3. The second-order valence-corrected chi connectivity index (χ2v) is 5.14. The van der Waals surface area contributed by atoms with Gasteiger partial charge in [0.2, 0.25) is 11.8 Å². The highest BCUT2D eigenvalue weighted by molar-refractivity contribution is 8.14. The van der Waals surface area contributed by atoms with Gasteiger partial charge in [-0.05, 0) is 0 Å². The number of amides is 3. The third kappa shape index (κ3) is 3.36. The highest BCUT2D eigenvalue weighted by atomic mass is 32.2. The summed E-state index contributed by atoms with van der Waals surface area (Å²) in [5.74, 6) is 0.0469. The lowest BCUT2D eigenvalue weighted by atomic mass is 10.3. The molecule has 0 aromatic heterocycles. The first-order chi connectivity index (χ1) is 8.66. The van der Waals surface area contributed by atoms with E-state index in [2.05, 4.69) is 16.0 Å². The average molecular weight is 272 g/mol. The molecule has 3 amide bonds. The van der Waals surface area contributed by atoms with Crippen molar-refractivity contribution in [1.82, 2.24) is 20.9 Å². The molecule has 0 radical (unpaired) electrons. The molecule has 100 valence electrons. The Hall–Kier alpha value is -1.28. The summed E-state index contributed by atoms with van der Waals surface area (Å²) in [5.41, 5.74) is 0. The maximum atomic E-state index is 11.8. The quantitative estimate of drug-likeness (QED) is 0.573. The number of hydrogen-bond donors (Lipinski definition) is 3. The largest absolute Gasteiger partial charge is 0.345 e. The Kier molecular flexibility index (Phi) is 4.43. The van der Waals surface area contributed by atoms with Crippen molar-refractivity contribution in [1.29, 1.82) is 0 Å². The van der Waals surface area contributed by atoms with Crippen molar-refractivity contribution in [3.8, 4) is 0 Å². The molecule has 1 unspecified atom stereocenters. The average Bonchev–Trinajstić information content (AvgIpc) is 2.83. The fourth-order valence-electron chi connectivity index (χ4n) is 1.84. The summed E-state index contributed by atoms with van der Waals surface area (Å²) in [5, 5.41) is 8.06. The predicted molar refractivity (Wildman–Crippen MR) is 67.2 cm³/mol. The van der Waals surface area contributed by atoms with Gasteiger partial charge in [0.1, 0.15) is 6.04 Å². The van der Waals surface area contributed by atoms with Gasteiger partial charge in [-0.1, -0.05) is 11.8 Å². The van der Waals surface area contributed by atoms with Crippen molar-refractivity contribution < 1.29 is 14.4 Å². The van der Waals surface area contributed by atoms with Gasteiger partial charge in [-0.15, -0.1) is 0 Å². The first-order valence-corrected chi connectivity index (χ1v) is 6.85. The summed E-state index contributed by atoms with van der Waals surface area (Å²) in [7, 11) is 0. The summed E-state index contributed by atoms with van der Waals surface area (Å²) in [6.07, 6.45) is 0. The molecule has 2 rings (SSSR count). The summed E-state index contributed by atoms with van der Waals surface area (Å²) in [6, 6.07) is -0.515. The van der Waals surface area contributed by atoms with E-state index in [1.54, 1.807) is 4.90 Å². The molecule has 2 fully saturated rings. The molecular weight excluding hydrogens is 256 g/mol. The second-order valence-electron chi connectivity index (χ2n) is 4.14. The maximum Gasteiger partial charge on any atom is 0.279 e. The molecule has 2 heterocycles. The van der Waals surface area contributed by atoms with Gasteiger partial charge in [0.25, 0.3) is 5.24 Å². The van der Waals surface area contributed by atoms with Gasteiger partial charge in [-0.3, -0.25) is 14.4 Å². The third-order valence-electron chi connectivity index (χ3n) is 2.87. The van der Waals surface area contributed by atoms with Crippen molar-refractivity contribution in [3.05, 3.63) is 0 Å². The molecule has 0 aromatic rings. The maximum absolute atomic E-state index is 11.8. The minimum atomic E-state index is -0.515. The normalized spacial score (nSPS) is 23.7. The first-order valence-electron chi connectivity index (χ1n) is 5.86. The number of carbonyl (C=O) groups excluding carboxylic acids is 3. The van der Waals surface area contributed by atoms with E-state index < -0.39 is 6.04 Å². The van der Waals surface area contributed by atoms with Gasteiger partial charge in [0, 0.05) is 31.9 Å². The van der Waals surface area contributed by atoms with Crippen LogP contribution in [0.5, 0.6) is 0 Å². The molecule has 3 N–H and O–H groups in total. The SMILES string of the molecule is O=C1NC(C(=O)NCC(=O)N2CCNCC2)CS1. The van der Waals surface area contributed by atoms with Gasteiger partial charge in [-0.2, -0.15) is 0 Å². The molecule has 18 heavy (non-hydrogen) atoms. The van der Waals surface area contributed by atoms with E-state index in [1.165, 1.54) is 0 Å². The second kappa shape index (κ2) is 6.05. The minimum absolute atomic E-state index is 0.00410. The zero-order valence-corrected chi connectivity index (χ0v) is 10.7. The summed E-state index contributed by atoms with van der Waals surface area (Å²) in [4.78, 5) is 36.1. The van der Waals surface area contributed by atoms with Crippen LogP contribution >= 0.6 is 11.8 Å². The van der Waals surface area contributed by atoms with Crippen LogP contribution < -0.4 is 16.0 Å². The van der Waals surface area contributed by atoms with Crippen LogP contribution in [0.1, 0.15) is 0 Å². The zero-order chi connectivity index (χ0) is 13.0. The molecule has 0 aliphatic carbocycles. The summed E-state index contributed by atoms with van der Waals surface area (Å²) in [6.45, 7) is 2.91. The van der Waals surface area contributed by atoms with Crippen LogP contribution in [-0.2, 0) is 9.59 Å². The lowest BCUT2D eigenvalue weighted by molar-refractivity contribution is -0.133. The van der Waals surface area contributed by atoms with Crippen molar-refractivity contribution in [3.63, 3.8) is 0 Å². The lowest BCUT2D eigenvalue weighted by Gasteiger charge is -2.27. The van der Waals surface area contributed by atoms with Gasteiger partial charge < -0.3 is 20.9 Å². The highest BCUT2D eigenvalue weighted by Gasteiger charge is 2.28. The van der Waals surface area contributed by atoms with E-state index in [1.807, 2.05) is 0 Å². The highest BCUT2D eigenvalue weighted by Crippen LogP contribution is 2.12. The van der Waals surface area contributed by atoms with E-state index in [4.69, 9.17) is 0 Å². The first kappa shape index (κ1) is 13.2. The van der Waals surface area contributed by atoms with Crippen LogP contribution in [0.4, 0.5) is 4.79 Å². The Morgan fingerprint density at radius 2 is 2.11 bits per heavy atom. The molecule has 1 atom stereocenters. The summed E-state index contributed by atoms with van der Waals surface area (Å²) < 4.78 is 0. The van der Waals surface area contributed by atoms with Crippen LogP contribution in [-0.4, -0.2) is 66.5 Å². The van der Waals surface area contributed by atoms with Gasteiger partial charge in [-0.25, -0.2) is 0 Å². The number of piperazine rings is 1. The van der Waals surface area contributed by atoms with Crippen molar-refractivity contribution in [2.24, 2.45) is 0 Å². The smallest absolute Gasteiger partial charge is 0.279 e. The standard InChI is InChI=1S/C10H16N4O3S/c15-8(14-3-1-11-2-4-14)5-12-9(16)7-6-18-10(17)13-7/h7,11H,1-6H2,(H,12,16)(H,13,17). The van der Waals surface area contributed by atoms with Crippen molar-refractivity contribution in [2.75, 3.05) is 38.5 Å². The molecule has 0 spiro atoms. The van der Waals surface area contributed by atoms with Gasteiger partial charge in [0.05, 0.1) is 6.54 Å². The number of hydrogen-bond acceptors (Lipinski definition) is 5. The minimum Gasteiger partial charge on any atom is -0.345 e. The van der Waals surface area contributed by atoms with Crippen LogP contribution in [0, 0.1) is 0 Å². The third-order valence-corrected chi connectivity index (χ3v) is 3.75. The fourth-order valence-corrected chi connectivity index (χ4v) is 2.62. The van der Waals surface area contributed by atoms with Crippen LogP contribution in [0.15, 0.2) is 0 Å².